The average Bonchev–Trinajstić information content (AvgIpc) is 2.65. The van der Waals surface area contributed by atoms with Gasteiger partial charge in [0.15, 0.2) is 0 Å². The summed E-state index contributed by atoms with van der Waals surface area (Å²) in [4.78, 5) is 14.5. The Morgan fingerprint density at radius 1 is 1.32 bits per heavy atom. The standard InChI is InChI=1S/C23H24FN3O/c1-15-13-23(2,3)27(4)21-12-20(24)16(11-19(15)21)10-17(14-25)22(28)26-18-8-6-5-7-9-18/h5-12,15H,13H2,1-4H3,(H,26,28)/b17-10+. The van der Waals surface area contributed by atoms with Crippen LogP contribution in [0.5, 0.6) is 0 Å². The minimum absolute atomic E-state index is 0.0659. The molecule has 0 aromatic heterocycles. The first-order valence-corrected chi connectivity index (χ1v) is 9.28. The molecule has 0 saturated heterocycles. The molecule has 1 aliphatic heterocycles. The van der Waals surface area contributed by atoms with Crippen LogP contribution in [0.25, 0.3) is 6.08 Å². The number of fused-ring (bicyclic) bond motifs is 1. The molecule has 0 saturated carbocycles. The van der Waals surface area contributed by atoms with Gasteiger partial charge in [-0.3, -0.25) is 4.79 Å². The van der Waals surface area contributed by atoms with Crippen LogP contribution in [0.1, 0.15) is 44.2 Å². The third-order valence-electron chi connectivity index (χ3n) is 5.45. The Bertz CT molecular complexity index is 973. The van der Waals surface area contributed by atoms with E-state index in [1.165, 1.54) is 12.1 Å². The van der Waals surface area contributed by atoms with E-state index in [1.54, 1.807) is 30.3 Å². The highest BCUT2D eigenvalue weighted by Gasteiger charge is 2.34. The highest BCUT2D eigenvalue weighted by Crippen LogP contribution is 2.43. The van der Waals surface area contributed by atoms with Crippen LogP contribution in [0.4, 0.5) is 15.8 Å². The van der Waals surface area contributed by atoms with E-state index >= 15 is 0 Å². The van der Waals surface area contributed by atoms with Crippen molar-refractivity contribution in [2.75, 3.05) is 17.3 Å². The first-order valence-electron chi connectivity index (χ1n) is 9.28. The monoisotopic (exact) mass is 377 g/mol. The maximum Gasteiger partial charge on any atom is 0.266 e. The van der Waals surface area contributed by atoms with Crippen molar-refractivity contribution in [3.8, 4) is 6.07 Å². The number of nitrogens with one attached hydrogen (secondary N) is 1. The normalized spacial score (nSPS) is 18.2. The zero-order chi connectivity index (χ0) is 20.5. The summed E-state index contributed by atoms with van der Waals surface area (Å²) in [5.41, 5.74) is 2.50. The summed E-state index contributed by atoms with van der Waals surface area (Å²) in [7, 11) is 1.97. The number of carbonyl (C=O) groups is 1. The van der Waals surface area contributed by atoms with Gasteiger partial charge in [0.05, 0.1) is 0 Å². The van der Waals surface area contributed by atoms with Crippen LogP contribution >= 0.6 is 0 Å². The minimum atomic E-state index is -0.558. The van der Waals surface area contributed by atoms with E-state index in [0.29, 0.717) is 5.69 Å². The van der Waals surface area contributed by atoms with Crippen LogP contribution in [-0.2, 0) is 4.79 Å². The van der Waals surface area contributed by atoms with Crippen molar-refractivity contribution in [3.63, 3.8) is 0 Å². The lowest BCUT2D eigenvalue weighted by Crippen LogP contribution is -2.45. The van der Waals surface area contributed by atoms with E-state index in [1.807, 2.05) is 19.2 Å². The summed E-state index contributed by atoms with van der Waals surface area (Å²) < 4.78 is 14.8. The van der Waals surface area contributed by atoms with Crippen molar-refractivity contribution < 1.29 is 9.18 Å². The van der Waals surface area contributed by atoms with Gasteiger partial charge < -0.3 is 10.2 Å². The molecular weight excluding hydrogens is 353 g/mol. The van der Waals surface area contributed by atoms with Crippen molar-refractivity contribution in [2.45, 2.75) is 38.6 Å². The fourth-order valence-corrected chi connectivity index (χ4v) is 3.74. The molecule has 1 heterocycles. The average molecular weight is 377 g/mol. The number of halogens is 1. The Morgan fingerprint density at radius 3 is 2.64 bits per heavy atom. The van der Waals surface area contributed by atoms with E-state index in [9.17, 15) is 14.4 Å². The van der Waals surface area contributed by atoms with Gasteiger partial charge in [-0.2, -0.15) is 5.26 Å². The van der Waals surface area contributed by atoms with Crippen LogP contribution < -0.4 is 10.2 Å². The molecule has 1 amide bonds. The number of anilines is 2. The lowest BCUT2D eigenvalue weighted by molar-refractivity contribution is -0.112. The van der Waals surface area contributed by atoms with Crippen LogP contribution in [-0.4, -0.2) is 18.5 Å². The number of nitrogens with zero attached hydrogens (tertiary/aromatic N) is 2. The molecule has 1 N–H and O–H groups in total. The molecule has 3 rings (SSSR count). The third kappa shape index (κ3) is 3.77. The van der Waals surface area contributed by atoms with Gasteiger partial charge >= 0.3 is 0 Å². The summed E-state index contributed by atoms with van der Waals surface area (Å²) in [5.74, 6) is -0.759. The second-order valence-electron chi connectivity index (χ2n) is 7.90. The predicted molar refractivity (Wildman–Crippen MR) is 111 cm³/mol. The van der Waals surface area contributed by atoms with Crippen LogP contribution in [0, 0.1) is 17.1 Å². The van der Waals surface area contributed by atoms with Gasteiger partial charge in [0.2, 0.25) is 0 Å². The molecule has 0 radical (unpaired) electrons. The van der Waals surface area contributed by atoms with Gasteiger partial charge in [-0.1, -0.05) is 25.1 Å². The van der Waals surface area contributed by atoms with Crippen LogP contribution in [0.2, 0.25) is 0 Å². The molecule has 1 unspecified atom stereocenters. The Balaban J connectivity index is 1.96. The minimum Gasteiger partial charge on any atom is -0.369 e. The quantitative estimate of drug-likeness (QED) is 0.598. The molecule has 2 aromatic rings. The van der Waals surface area contributed by atoms with Gasteiger partial charge in [0, 0.05) is 29.5 Å². The van der Waals surface area contributed by atoms with E-state index < -0.39 is 11.7 Å². The van der Waals surface area contributed by atoms with Gasteiger partial charge in [0.25, 0.3) is 5.91 Å². The SMILES string of the molecule is CC1CC(C)(C)N(C)c2cc(F)c(/C=C(\C#N)C(=O)Nc3ccccc3)cc21. The number of amides is 1. The second kappa shape index (κ2) is 7.47. The highest BCUT2D eigenvalue weighted by molar-refractivity contribution is 6.09. The molecule has 0 bridgehead atoms. The predicted octanol–water partition coefficient (Wildman–Crippen LogP) is 5.09. The molecule has 0 fully saturated rings. The number of benzene rings is 2. The van der Waals surface area contributed by atoms with Gasteiger partial charge in [0.1, 0.15) is 17.5 Å². The van der Waals surface area contributed by atoms with E-state index in [2.05, 4.69) is 31.0 Å². The van der Waals surface area contributed by atoms with Crippen molar-refractivity contribution in [2.24, 2.45) is 0 Å². The van der Waals surface area contributed by atoms with Crippen LogP contribution in [0.3, 0.4) is 0 Å². The molecule has 28 heavy (non-hydrogen) atoms. The fourth-order valence-electron chi connectivity index (χ4n) is 3.74. The lowest BCUT2D eigenvalue weighted by atomic mass is 9.80. The van der Waals surface area contributed by atoms with Gasteiger partial charge in [-0.25, -0.2) is 4.39 Å². The number of para-hydroxylation sites is 1. The number of hydrogen-bond acceptors (Lipinski definition) is 3. The highest BCUT2D eigenvalue weighted by atomic mass is 19.1. The molecule has 144 valence electrons. The first kappa shape index (κ1) is 19.6. The molecule has 2 aromatic carbocycles. The van der Waals surface area contributed by atoms with Crippen molar-refractivity contribution in [3.05, 3.63) is 65.0 Å². The zero-order valence-electron chi connectivity index (χ0n) is 16.6. The number of rotatable bonds is 3. The van der Waals surface area contributed by atoms with E-state index in [4.69, 9.17) is 0 Å². The Hall–Kier alpha value is -3.13. The largest absolute Gasteiger partial charge is 0.369 e. The van der Waals surface area contributed by atoms with Gasteiger partial charge in [-0.05, 0) is 62.1 Å². The maximum absolute atomic E-state index is 14.8. The first-order chi connectivity index (χ1) is 13.2. The van der Waals surface area contributed by atoms with Gasteiger partial charge in [-0.15, -0.1) is 0 Å². The Labute approximate surface area is 165 Å². The Kier molecular flexibility index (Phi) is 5.24. The van der Waals surface area contributed by atoms with Crippen molar-refractivity contribution >= 4 is 23.4 Å². The van der Waals surface area contributed by atoms with E-state index in [0.717, 1.165) is 17.7 Å². The molecular formula is C23H24FN3O. The number of hydrogen-bond donors (Lipinski definition) is 1. The summed E-state index contributed by atoms with van der Waals surface area (Å²) >= 11 is 0. The molecule has 1 aliphatic rings. The summed E-state index contributed by atoms with van der Waals surface area (Å²) in [6.45, 7) is 6.39. The molecule has 0 spiro atoms. The maximum atomic E-state index is 14.8. The molecule has 4 nitrogen and oxygen atoms in total. The van der Waals surface area contributed by atoms with E-state index in [-0.39, 0.29) is 22.6 Å². The third-order valence-corrected chi connectivity index (χ3v) is 5.45. The summed E-state index contributed by atoms with van der Waals surface area (Å²) in [5, 5.41) is 12.1. The Morgan fingerprint density at radius 2 is 2.00 bits per heavy atom. The summed E-state index contributed by atoms with van der Waals surface area (Å²) in [6.07, 6.45) is 2.26. The second-order valence-corrected chi connectivity index (χ2v) is 7.90. The smallest absolute Gasteiger partial charge is 0.266 e. The van der Waals surface area contributed by atoms with Crippen molar-refractivity contribution in [1.29, 1.82) is 5.26 Å². The zero-order valence-corrected chi connectivity index (χ0v) is 16.6. The lowest BCUT2D eigenvalue weighted by Gasteiger charge is -2.45. The number of carbonyl (C=O) groups excluding carboxylic acids is 1. The molecule has 1 atom stereocenters. The molecule has 0 aliphatic carbocycles. The topological polar surface area (TPSA) is 56.1 Å². The fraction of sp³-hybridized carbons (Fsp3) is 0.304. The summed E-state index contributed by atoms with van der Waals surface area (Å²) in [6, 6.07) is 14.0. The van der Waals surface area contributed by atoms with Crippen molar-refractivity contribution in [1.82, 2.24) is 0 Å². The van der Waals surface area contributed by atoms with Crippen LogP contribution in [0.15, 0.2) is 48.0 Å². The molecule has 5 heteroatoms. The number of nitriles is 1.